The Kier molecular flexibility index (Phi) is 4.00. The highest BCUT2D eigenvalue weighted by Crippen LogP contribution is 2.57. The summed E-state index contributed by atoms with van der Waals surface area (Å²) >= 11 is 0. The van der Waals surface area contributed by atoms with E-state index < -0.39 is 0 Å². The van der Waals surface area contributed by atoms with Crippen molar-refractivity contribution in [2.45, 2.75) is 0 Å². The van der Waals surface area contributed by atoms with E-state index in [-0.39, 0.29) is 0 Å². The Bertz CT molecular complexity index is 2640. The summed E-state index contributed by atoms with van der Waals surface area (Å²) < 4.78 is 0. The summed E-state index contributed by atoms with van der Waals surface area (Å²) in [5.74, 6) is 0. The second-order valence-corrected chi connectivity index (χ2v) is 13.8. The molecular weight excluding hydrogens is 577 g/mol. The van der Waals surface area contributed by atoms with E-state index in [1.165, 1.54) is 129 Å². The van der Waals surface area contributed by atoms with Gasteiger partial charge in [0.1, 0.15) is 0 Å². The lowest BCUT2D eigenvalue weighted by Crippen LogP contribution is -1.97. The van der Waals surface area contributed by atoms with Gasteiger partial charge in [0.2, 0.25) is 0 Å². The van der Waals surface area contributed by atoms with E-state index >= 15 is 0 Å². The van der Waals surface area contributed by atoms with Crippen molar-refractivity contribution in [2.75, 3.05) is 0 Å². The normalized spacial score (nSPS) is 13.0. The molecule has 0 spiro atoms. The summed E-state index contributed by atoms with van der Waals surface area (Å²) in [7, 11) is 0. The molecule has 0 heteroatoms. The van der Waals surface area contributed by atoms with Gasteiger partial charge in [0, 0.05) is 0 Å². The average molecular weight is 601 g/mol. The molecule has 0 aromatic heterocycles. The minimum atomic E-state index is 1.33. The zero-order valence-corrected chi connectivity index (χ0v) is 25.9. The van der Waals surface area contributed by atoms with Crippen molar-refractivity contribution in [3.05, 3.63) is 146 Å². The van der Waals surface area contributed by atoms with Crippen molar-refractivity contribution in [1.29, 1.82) is 0 Å². The van der Waals surface area contributed by atoms with E-state index in [4.69, 9.17) is 0 Å². The molecule has 0 N–H and O–H groups in total. The maximum Gasteiger partial charge on any atom is -0.000718 e. The van der Waals surface area contributed by atoms with E-state index in [1.54, 1.807) is 0 Å². The van der Waals surface area contributed by atoms with Crippen molar-refractivity contribution in [3.63, 3.8) is 0 Å². The van der Waals surface area contributed by atoms with Crippen molar-refractivity contribution in [2.24, 2.45) is 0 Å². The smallest absolute Gasteiger partial charge is 0.000718 e. The third-order valence-corrected chi connectivity index (χ3v) is 11.8. The van der Waals surface area contributed by atoms with E-state index in [0.29, 0.717) is 0 Å². The van der Waals surface area contributed by atoms with E-state index in [1.807, 2.05) is 0 Å². The molecule has 12 aromatic rings. The number of rotatable bonds is 0. The zero-order valence-electron chi connectivity index (χ0n) is 25.9. The first-order valence-electron chi connectivity index (χ1n) is 17.0. The van der Waals surface area contributed by atoms with Gasteiger partial charge >= 0.3 is 0 Å². The minimum absolute atomic E-state index is 1.33. The van der Waals surface area contributed by atoms with Gasteiger partial charge in [-0.1, -0.05) is 146 Å². The zero-order chi connectivity index (χ0) is 30.8. The second-order valence-electron chi connectivity index (χ2n) is 13.8. The maximum atomic E-state index is 2.38. The Morgan fingerprint density at radius 1 is 0.125 bits per heavy atom. The topological polar surface area (TPSA) is 0 Å². The third kappa shape index (κ3) is 2.46. The van der Waals surface area contributed by atoms with Crippen LogP contribution < -0.4 is 0 Å². The molecule has 0 atom stereocenters. The molecule has 0 unspecified atom stereocenters. The average Bonchev–Trinajstić information content (AvgIpc) is 3.10. The molecule has 0 aliphatic rings. The molecule has 0 bridgehead atoms. The Morgan fingerprint density at radius 2 is 0.208 bits per heavy atom. The summed E-state index contributed by atoms with van der Waals surface area (Å²) in [6.07, 6.45) is 0. The van der Waals surface area contributed by atoms with Gasteiger partial charge in [0.05, 0.1) is 0 Å². The monoisotopic (exact) mass is 600 g/mol. The number of hydrogen-bond donors (Lipinski definition) is 0. The predicted molar refractivity (Wildman–Crippen MR) is 210 cm³/mol. The highest BCUT2D eigenvalue weighted by atomic mass is 14.3. The lowest BCUT2D eigenvalue weighted by molar-refractivity contribution is 1.79. The van der Waals surface area contributed by atoms with Gasteiger partial charge < -0.3 is 0 Å². The fourth-order valence-corrected chi connectivity index (χ4v) is 10.1. The summed E-state index contributed by atoms with van der Waals surface area (Å²) in [4.78, 5) is 0. The Morgan fingerprint density at radius 3 is 0.292 bits per heavy atom. The molecule has 0 aliphatic carbocycles. The van der Waals surface area contributed by atoms with Crippen LogP contribution in [0, 0.1) is 0 Å². The van der Waals surface area contributed by atoms with Crippen LogP contribution in [-0.2, 0) is 0 Å². The van der Waals surface area contributed by atoms with Crippen molar-refractivity contribution < 1.29 is 0 Å². The molecule has 0 saturated heterocycles. The van der Waals surface area contributed by atoms with Crippen molar-refractivity contribution in [1.82, 2.24) is 0 Å². The Balaban J connectivity index is 1.66. The van der Waals surface area contributed by atoms with Crippen LogP contribution in [0.5, 0.6) is 0 Å². The first-order chi connectivity index (χ1) is 23.9. The largest absolute Gasteiger partial charge is 0.0616 e. The first-order valence-corrected chi connectivity index (χ1v) is 17.0. The van der Waals surface area contributed by atoms with Gasteiger partial charge in [-0.25, -0.2) is 0 Å². The molecule has 0 saturated carbocycles. The highest BCUT2D eigenvalue weighted by Gasteiger charge is 2.28. The van der Waals surface area contributed by atoms with Crippen molar-refractivity contribution >= 4 is 129 Å². The number of fused-ring (bicyclic) bond motifs is 30. The summed E-state index contributed by atoms with van der Waals surface area (Å²) in [6.45, 7) is 0. The molecule has 0 fully saturated rings. The molecule has 0 aliphatic heterocycles. The second kappa shape index (κ2) is 8.00. The summed E-state index contributed by atoms with van der Waals surface area (Å²) in [6, 6.07) is 55.4. The molecule has 216 valence electrons. The van der Waals surface area contributed by atoms with Gasteiger partial charge in [0.15, 0.2) is 0 Å². The van der Waals surface area contributed by atoms with Gasteiger partial charge in [0.25, 0.3) is 0 Å². The molecule has 12 aromatic carbocycles. The van der Waals surface area contributed by atoms with Crippen LogP contribution >= 0.6 is 0 Å². The van der Waals surface area contributed by atoms with E-state index in [2.05, 4.69) is 146 Å². The standard InChI is InChI=1S/C48H24/c1-2-14-26-25(13-1)37-39-27-15-3-5-17-29(27)41-38(26)42-31-19-7-9-21-33(31)46-45-30-18-6-4-16-28(30)40(37)43(39)32-20-8-10-22-34(32)47(45)48(46)36-24-12-11-23-35(36)44(41)42/h1-24H. The van der Waals surface area contributed by atoms with Crippen LogP contribution in [0.4, 0.5) is 0 Å². The van der Waals surface area contributed by atoms with Crippen LogP contribution in [0.1, 0.15) is 0 Å². The van der Waals surface area contributed by atoms with Crippen LogP contribution in [-0.4, -0.2) is 0 Å². The van der Waals surface area contributed by atoms with Gasteiger partial charge in [-0.2, -0.15) is 0 Å². The maximum absolute atomic E-state index is 2.38. The Labute approximate surface area is 274 Å². The SMILES string of the molecule is c1ccc2c(c1)c1c3c4ccccc4c4c2c2c5ccccc5c5c6c7ccccc7c1c3c1ccccc1c6c5c1ccccc1c42. The van der Waals surface area contributed by atoms with Crippen LogP contribution in [0.3, 0.4) is 0 Å². The highest BCUT2D eigenvalue weighted by molar-refractivity contribution is 6.58. The molecule has 0 heterocycles. The molecular formula is C48H24. The lowest BCUT2D eigenvalue weighted by Gasteiger charge is -2.26. The predicted octanol–water partition coefficient (Wildman–Crippen LogP) is 13.8. The fourth-order valence-electron chi connectivity index (χ4n) is 10.1. The van der Waals surface area contributed by atoms with Crippen LogP contribution in [0.15, 0.2) is 146 Å². The number of hydrogen-bond acceptors (Lipinski definition) is 0. The fraction of sp³-hybridized carbons (Fsp3) is 0. The van der Waals surface area contributed by atoms with E-state index in [9.17, 15) is 0 Å². The molecule has 12 rings (SSSR count). The van der Waals surface area contributed by atoms with Gasteiger partial charge in [-0.15, -0.1) is 0 Å². The Hall–Kier alpha value is -6.24. The third-order valence-electron chi connectivity index (χ3n) is 11.8. The van der Waals surface area contributed by atoms with Gasteiger partial charge in [-0.05, 0) is 129 Å². The lowest BCUT2D eigenvalue weighted by atomic mass is 9.76. The van der Waals surface area contributed by atoms with Crippen LogP contribution in [0.2, 0.25) is 0 Å². The number of benzene rings is 6. The van der Waals surface area contributed by atoms with Gasteiger partial charge in [-0.3, -0.25) is 0 Å². The molecule has 0 nitrogen and oxygen atoms in total. The van der Waals surface area contributed by atoms with E-state index in [0.717, 1.165) is 0 Å². The minimum Gasteiger partial charge on any atom is -0.0616 e. The molecule has 48 heavy (non-hydrogen) atoms. The first kappa shape index (κ1) is 24.0. The summed E-state index contributed by atoms with van der Waals surface area (Å²) in [5, 5.41) is 32.6. The van der Waals surface area contributed by atoms with Crippen LogP contribution in [0.25, 0.3) is 129 Å². The molecule has 0 radical (unpaired) electrons. The quantitative estimate of drug-likeness (QED) is 0.162. The molecule has 0 amide bonds. The summed E-state index contributed by atoms with van der Waals surface area (Å²) in [5.41, 5.74) is 0. The van der Waals surface area contributed by atoms with Crippen molar-refractivity contribution in [3.8, 4) is 0 Å².